The van der Waals surface area contributed by atoms with Gasteiger partial charge in [0.15, 0.2) is 17.3 Å². The third-order valence-corrected chi connectivity index (χ3v) is 4.43. The molecule has 0 radical (unpaired) electrons. The molecule has 2 heterocycles. The van der Waals surface area contributed by atoms with Gasteiger partial charge in [-0.05, 0) is 36.8 Å². The number of hydrogen-bond donors (Lipinski definition) is 0. The number of hydrogen-bond acceptors (Lipinski definition) is 5. The molecule has 7 nitrogen and oxygen atoms in total. The highest BCUT2D eigenvalue weighted by molar-refractivity contribution is 5.95. The van der Waals surface area contributed by atoms with Crippen LogP contribution in [0.5, 0.6) is 11.5 Å². The summed E-state index contributed by atoms with van der Waals surface area (Å²) >= 11 is 0. The minimum atomic E-state index is -0.143. The molecule has 1 aliphatic rings. The van der Waals surface area contributed by atoms with Crippen LogP contribution in [-0.4, -0.2) is 62.0 Å². The zero-order valence-corrected chi connectivity index (χ0v) is 14.9. The Bertz CT molecular complexity index is 772. The van der Waals surface area contributed by atoms with Crippen LogP contribution in [0.1, 0.15) is 27.3 Å². The molecule has 1 aromatic carbocycles. The van der Waals surface area contributed by atoms with Crippen molar-refractivity contribution in [2.24, 2.45) is 0 Å². The summed E-state index contributed by atoms with van der Waals surface area (Å²) in [6.07, 6.45) is 2.20. The molecular formula is C19H22N2O5. The van der Waals surface area contributed by atoms with Gasteiger partial charge in [-0.25, -0.2) is 0 Å². The van der Waals surface area contributed by atoms with E-state index in [0.29, 0.717) is 55.4 Å². The quantitative estimate of drug-likeness (QED) is 0.838. The fourth-order valence-corrected chi connectivity index (χ4v) is 3.03. The van der Waals surface area contributed by atoms with Gasteiger partial charge >= 0.3 is 0 Å². The molecule has 0 aliphatic carbocycles. The van der Waals surface area contributed by atoms with E-state index in [9.17, 15) is 9.59 Å². The average molecular weight is 358 g/mol. The molecule has 1 fully saturated rings. The summed E-state index contributed by atoms with van der Waals surface area (Å²) in [5.74, 6) is 1.19. The first kappa shape index (κ1) is 17.8. The number of carbonyl (C=O) groups is 2. The van der Waals surface area contributed by atoms with Crippen molar-refractivity contribution in [2.75, 3.05) is 40.4 Å². The first-order valence-electron chi connectivity index (χ1n) is 8.48. The van der Waals surface area contributed by atoms with Gasteiger partial charge in [0.25, 0.3) is 11.8 Å². The summed E-state index contributed by atoms with van der Waals surface area (Å²) < 4.78 is 15.7. The molecule has 0 unspecified atom stereocenters. The van der Waals surface area contributed by atoms with E-state index in [2.05, 4.69) is 0 Å². The minimum absolute atomic E-state index is 0.0850. The highest BCUT2D eigenvalue weighted by atomic mass is 16.5. The van der Waals surface area contributed by atoms with E-state index in [1.54, 1.807) is 47.2 Å². The summed E-state index contributed by atoms with van der Waals surface area (Å²) in [5, 5.41) is 0. The number of rotatable bonds is 4. The van der Waals surface area contributed by atoms with E-state index in [-0.39, 0.29) is 11.8 Å². The minimum Gasteiger partial charge on any atom is -0.493 e. The van der Waals surface area contributed by atoms with Crippen molar-refractivity contribution in [3.63, 3.8) is 0 Å². The Morgan fingerprint density at radius 3 is 2.23 bits per heavy atom. The smallest absolute Gasteiger partial charge is 0.289 e. The third kappa shape index (κ3) is 3.66. The maximum Gasteiger partial charge on any atom is 0.289 e. The molecule has 0 spiro atoms. The molecular weight excluding hydrogens is 336 g/mol. The van der Waals surface area contributed by atoms with Gasteiger partial charge in [0, 0.05) is 31.7 Å². The molecule has 26 heavy (non-hydrogen) atoms. The van der Waals surface area contributed by atoms with E-state index in [0.717, 1.165) is 0 Å². The van der Waals surface area contributed by atoms with Gasteiger partial charge in [-0.2, -0.15) is 0 Å². The normalized spacial score (nSPS) is 14.7. The summed E-state index contributed by atoms with van der Waals surface area (Å²) in [7, 11) is 3.09. The van der Waals surface area contributed by atoms with Crippen LogP contribution >= 0.6 is 0 Å². The van der Waals surface area contributed by atoms with Gasteiger partial charge in [-0.3, -0.25) is 9.59 Å². The van der Waals surface area contributed by atoms with Gasteiger partial charge in [0.05, 0.1) is 20.5 Å². The lowest BCUT2D eigenvalue weighted by molar-refractivity contribution is 0.0700. The molecule has 0 saturated carbocycles. The summed E-state index contributed by atoms with van der Waals surface area (Å²) in [6.45, 7) is 2.13. The average Bonchev–Trinajstić information content (AvgIpc) is 3.11. The topological polar surface area (TPSA) is 72.2 Å². The van der Waals surface area contributed by atoms with Crippen LogP contribution in [0.3, 0.4) is 0 Å². The number of amides is 2. The molecule has 0 bridgehead atoms. The van der Waals surface area contributed by atoms with E-state index in [1.165, 1.54) is 13.4 Å². The monoisotopic (exact) mass is 358 g/mol. The van der Waals surface area contributed by atoms with E-state index < -0.39 is 0 Å². The molecule has 138 valence electrons. The second-order valence-electron chi connectivity index (χ2n) is 5.99. The Morgan fingerprint density at radius 1 is 0.923 bits per heavy atom. The maximum atomic E-state index is 12.8. The van der Waals surface area contributed by atoms with Crippen LogP contribution in [-0.2, 0) is 0 Å². The zero-order chi connectivity index (χ0) is 18.5. The number of nitrogens with zero attached hydrogens (tertiary/aromatic N) is 2. The number of ether oxygens (including phenoxy) is 2. The summed E-state index contributed by atoms with van der Waals surface area (Å²) in [5.41, 5.74) is 0.536. The third-order valence-electron chi connectivity index (χ3n) is 4.43. The van der Waals surface area contributed by atoms with Crippen molar-refractivity contribution >= 4 is 11.8 Å². The second-order valence-corrected chi connectivity index (χ2v) is 5.99. The largest absolute Gasteiger partial charge is 0.493 e. The van der Waals surface area contributed by atoms with Crippen molar-refractivity contribution in [3.8, 4) is 11.5 Å². The number of furan rings is 1. The standard InChI is InChI=1S/C19H22N2O5/c1-24-15-7-6-14(13-17(15)25-2)18(22)20-8-4-9-21(11-10-20)19(23)16-5-3-12-26-16/h3,5-7,12-13H,4,8-11H2,1-2H3. The van der Waals surface area contributed by atoms with Crippen molar-refractivity contribution in [3.05, 3.63) is 47.9 Å². The van der Waals surface area contributed by atoms with E-state index in [4.69, 9.17) is 13.9 Å². The lowest BCUT2D eigenvalue weighted by Crippen LogP contribution is -2.37. The molecule has 1 saturated heterocycles. The molecule has 2 aromatic rings. The van der Waals surface area contributed by atoms with Crippen LogP contribution in [0.15, 0.2) is 41.0 Å². The maximum absolute atomic E-state index is 12.8. The van der Waals surface area contributed by atoms with Crippen LogP contribution in [0, 0.1) is 0 Å². The fraction of sp³-hybridized carbons (Fsp3) is 0.368. The highest BCUT2D eigenvalue weighted by Crippen LogP contribution is 2.28. The summed E-state index contributed by atoms with van der Waals surface area (Å²) in [4.78, 5) is 28.7. The second kappa shape index (κ2) is 7.95. The predicted octanol–water partition coefficient (Wildman–Crippen LogP) is 2.29. The van der Waals surface area contributed by atoms with Gasteiger partial charge in [-0.15, -0.1) is 0 Å². The van der Waals surface area contributed by atoms with Crippen molar-refractivity contribution in [1.82, 2.24) is 9.80 Å². The Hall–Kier alpha value is -2.96. The molecule has 0 N–H and O–H groups in total. The molecule has 1 aromatic heterocycles. The van der Waals surface area contributed by atoms with Crippen molar-refractivity contribution in [2.45, 2.75) is 6.42 Å². The Kier molecular flexibility index (Phi) is 5.46. The van der Waals surface area contributed by atoms with Crippen molar-refractivity contribution in [1.29, 1.82) is 0 Å². The molecule has 0 atom stereocenters. The van der Waals surface area contributed by atoms with Gasteiger partial charge in [0.2, 0.25) is 0 Å². The predicted molar refractivity (Wildman–Crippen MR) is 94.7 cm³/mol. The zero-order valence-electron chi connectivity index (χ0n) is 14.9. The molecule has 7 heteroatoms. The lowest BCUT2D eigenvalue weighted by atomic mass is 10.1. The fourth-order valence-electron chi connectivity index (χ4n) is 3.03. The van der Waals surface area contributed by atoms with E-state index >= 15 is 0 Å². The first-order chi connectivity index (χ1) is 12.6. The lowest BCUT2D eigenvalue weighted by Gasteiger charge is -2.22. The molecule has 1 aliphatic heterocycles. The number of carbonyl (C=O) groups excluding carboxylic acids is 2. The number of benzene rings is 1. The SMILES string of the molecule is COc1ccc(C(=O)N2CCCN(C(=O)c3ccco3)CC2)cc1OC. The van der Waals surface area contributed by atoms with Gasteiger partial charge in [0.1, 0.15) is 0 Å². The van der Waals surface area contributed by atoms with E-state index in [1.807, 2.05) is 0 Å². The Morgan fingerprint density at radius 2 is 1.62 bits per heavy atom. The van der Waals surface area contributed by atoms with Gasteiger partial charge in [-0.1, -0.05) is 0 Å². The number of methoxy groups -OCH3 is 2. The van der Waals surface area contributed by atoms with Crippen LogP contribution < -0.4 is 9.47 Å². The molecule has 2 amide bonds. The van der Waals surface area contributed by atoms with Gasteiger partial charge < -0.3 is 23.7 Å². The molecule has 3 rings (SSSR count). The van der Waals surface area contributed by atoms with Crippen molar-refractivity contribution < 1.29 is 23.5 Å². The van der Waals surface area contributed by atoms with Crippen LogP contribution in [0.4, 0.5) is 0 Å². The Balaban J connectivity index is 1.69. The first-order valence-corrected chi connectivity index (χ1v) is 8.48. The van der Waals surface area contributed by atoms with Crippen LogP contribution in [0.25, 0.3) is 0 Å². The highest BCUT2D eigenvalue weighted by Gasteiger charge is 2.25. The Labute approximate surface area is 152 Å². The summed E-state index contributed by atoms with van der Waals surface area (Å²) in [6, 6.07) is 8.46. The van der Waals surface area contributed by atoms with Crippen LogP contribution in [0.2, 0.25) is 0 Å².